The summed E-state index contributed by atoms with van der Waals surface area (Å²) in [6, 6.07) is 0. The fourth-order valence-corrected chi connectivity index (χ4v) is 5.43. The third kappa shape index (κ3) is 3.24. The Hall–Kier alpha value is -0.0800. The maximum atomic E-state index is 5.55. The van der Waals surface area contributed by atoms with Gasteiger partial charge >= 0.3 is 0 Å². The Morgan fingerprint density at radius 2 is 1.41 bits per heavy atom. The average Bonchev–Trinajstić information content (AvgIpc) is 2.40. The van der Waals surface area contributed by atoms with Gasteiger partial charge in [-0.05, 0) is 73.7 Å². The normalized spacial score (nSPS) is 27.7. The van der Waals surface area contributed by atoms with Gasteiger partial charge in [-0.15, -0.1) is 0 Å². The van der Waals surface area contributed by atoms with E-state index in [1.807, 2.05) is 0 Å². The van der Waals surface area contributed by atoms with E-state index in [1.165, 1.54) is 51.6 Å². The van der Waals surface area contributed by atoms with Gasteiger partial charge in [0.2, 0.25) is 0 Å². The van der Waals surface area contributed by atoms with E-state index in [4.69, 9.17) is 4.74 Å². The maximum absolute atomic E-state index is 5.55. The van der Waals surface area contributed by atoms with Gasteiger partial charge < -0.3 is 9.64 Å². The Labute approximate surface area is 138 Å². The molecule has 22 heavy (non-hydrogen) atoms. The summed E-state index contributed by atoms with van der Waals surface area (Å²) in [5, 5.41) is 0. The van der Waals surface area contributed by atoms with Gasteiger partial charge in [0, 0.05) is 26.3 Å². The molecule has 128 valence electrons. The molecule has 2 heteroatoms. The summed E-state index contributed by atoms with van der Waals surface area (Å²) in [7, 11) is 2.26. The lowest BCUT2D eigenvalue weighted by Crippen LogP contribution is -2.62. The van der Waals surface area contributed by atoms with E-state index in [0.29, 0.717) is 10.8 Å². The predicted octanol–water partition coefficient (Wildman–Crippen LogP) is 4.59. The Kier molecular flexibility index (Phi) is 4.40. The zero-order valence-corrected chi connectivity index (χ0v) is 15.6. The Bertz CT molecular complexity index is 381. The van der Waals surface area contributed by atoms with Crippen LogP contribution < -0.4 is 0 Å². The number of ether oxygens (including phenoxy) is 1. The fourth-order valence-electron chi connectivity index (χ4n) is 5.43. The summed E-state index contributed by atoms with van der Waals surface area (Å²) in [6.07, 6.45) is 8.30. The van der Waals surface area contributed by atoms with Gasteiger partial charge in [-0.25, -0.2) is 0 Å². The standard InChI is InChI=1S/C20H37NO/c1-18(2,16-6-10-22-11-7-16)8-9-19(3,4)17-12-20(13-17)14-21(5)15-20/h16-17H,6-15H2,1-5H3. The van der Waals surface area contributed by atoms with Gasteiger partial charge in [0.05, 0.1) is 0 Å². The summed E-state index contributed by atoms with van der Waals surface area (Å²) in [5.74, 6) is 1.83. The molecule has 0 bridgehead atoms. The molecule has 0 N–H and O–H groups in total. The van der Waals surface area contributed by atoms with E-state index in [2.05, 4.69) is 39.6 Å². The molecule has 0 radical (unpaired) electrons. The first-order valence-electron chi connectivity index (χ1n) is 9.49. The van der Waals surface area contributed by atoms with E-state index >= 15 is 0 Å². The van der Waals surface area contributed by atoms with Crippen LogP contribution in [-0.2, 0) is 4.74 Å². The third-order valence-electron chi connectivity index (χ3n) is 7.41. The molecular formula is C20H37NO. The van der Waals surface area contributed by atoms with Gasteiger partial charge in [-0.3, -0.25) is 0 Å². The van der Waals surface area contributed by atoms with E-state index in [9.17, 15) is 0 Å². The minimum absolute atomic E-state index is 0.485. The zero-order valence-electron chi connectivity index (χ0n) is 15.6. The van der Waals surface area contributed by atoms with Crippen molar-refractivity contribution in [2.75, 3.05) is 33.4 Å². The number of rotatable bonds is 5. The van der Waals surface area contributed by atoms with Crippen molar-refractivity contribution in [1.29, 1.82) is 0 Å². The van der Waals surface area contributed by atoms with Crippen molar-refractivity contribution < 1.29 is 4.74 Å². The molecule has 2 saturated heterocycles. The van der Waals surface area contributed by atoms with E-state index < -0.39 is 0 Å². The van der Waals surface area contributed by atoms with Crippen LogP contribution in [-0.4, -0.2) is 38.3 Å². The Morgan fingerprint density at radius 1 is 0.909 bits per heavy atom. The molecule has 2 aliphatic heterocycles. The first kappa shape index (κ1) is 16.8. The van der Waals surface area contributed by atoms with Crippen LogP contribution in [0.3, 0.4) is 0 Å². The highest BCUT2D eigenvalue weighted by molar-refractivity contribution is 5.06. The molecule has 2 heterocycles. The van der Waals surface area contributed by atoms with Crippen molar-refractivity contribution >= 4 is 0 Å². The first-order chi connectivity index (χ1) is 10.2. The van der Waals surface area contributed by atoms with E-state index in [1.54, 1.807) is 0 Å². The maximum Gasteiger partial charge on any atom is 0.0468 e. The molecular weight excluding hydrogens is 270 g/mol. The quantitative estimate of drug-likeness (QED) is 0.736. The summed E-state index contributed by atoms with van der Waals surface area (Å²) in [5.41, 5.74) is 1.74. The molecule has 0 unspecified atom stereocenters. The second kappa shape index (κ2) is 5.77. The highest BCUT2D eigenvalue weighted by atomic mass is 16.5. The minimum Gasteiger partial charge on any atom is -0.381 e. The number of hydrogen-bond acceptors (Lipinski definition) is 2. The molecule has 3 rings (SSSR count). The van der Waals surface area contributed by atoms with Crippen molar-refractivity contribution in [2.24, 2.45) is 28.1 Å². The van der Waals surface area contributed by atoms with Gasteiger partial charge in [0.1, 0.15) is 0 Å². The topological polar surface area (TPSA) is 12.5 Å². The lowest BCUT2D eigenvalue weighted by molar-refractivity contribution is -0.119. The summed E-state index contributed by atoms with van der Waals surface area (Å²) in [4.78, 5) is 2.48. The van der Waals surface area contributed by atoms with Crippen LogP contribution in [0.1, 0.15) is 66.2 Å². The third-order valence-corrected chi connectivity index (χ3v) is 7.41. The second-order valence-electron chi connectivity index (χ2n) is 10.1. The number of likely N-dealkylation sites (tertiary alicyclic amines) is 1. The van der Waals surface area contributed by atoms with Crippen LogP contribution >= 0.6 is 0 Å². The number of hydrogen-bond donors (Lipinski definition) is 0. The second-order valence-corrected chi connectivity index (χ2v) is 10.1. The van der Waals surface area contributed by atoms with Crippen LogP contribution in [0, 0.1) is 28.1 Å². The lowest BCUT2D eigenvalue weighted by atomic mass is 9.50. The lowest BCUT2D eigenvalue weighted by Gasteiger charge is -2.62. The van der Waals surface area contributed by atoms with Crippen molar-refractivity contribution in [3.63, 3.8) is 0 Å². The van der Waals surface area contributed by atoms with Crippen LogP contribution in [0.2, 0.25) is 0 Å². The van der Waals surface area contributed by atoms with Crippen LogP contribution in [0.4, 0.5) is 0 Å². The van der Waals surface area contributed by atoms with Crippen molar-refractivity contribution in [3.8, 4) is 0 Å². The smallest absolute Gasteiger partial charge is 0.0468 e. The van der Waals surface area contributed by atoms with Gasteiger partial charge in [-0.1, -0.05) is 27.7 Å². The zero-order chi connectivity index (χ0) is 16.0. The molecule has 0 amide bonds. The van der Waals surface area contributed by atoms with Gasteiger partial charge in [0.15, 0.2) is 0 Å². The van der Waals surface area contributed by atoms with E-state index in [-0.39, 0.29) is 0 Å². The number of nitrogens with zero attached hydrogens (tertiary/aromatic N) is 1. The van der Waals surface area contributed by atoms with Crippen LogP contribution in [0.25, 0.3) is 0 Å². The molecule has 2 nitrogen and oxygen atoms in total. The molecule has 0 aromatic heterocycles. The molecule has 0 aromatic carbocycles. The highest BCUT2D eigenvalue weighted by Gasteiger charge is 2.54. The molecule has 0 aromatic rings. The minimum atomic E-state index is 0.485. The van der Waals surface area contributed by atoms with Crippen LogP contribution in [0.5, 0.6) is 0 Å². The fraction of sp³-hybridized carbons (Fsp3) is 1.00. The average molecular weight is 308 g/mol. The SMILES string of the molecule is CN1CC2(CC(C(C)(C)CCC(C)(C)C3CCOCC3)C2)C1. The van der Waals surface area contributed by atoms with E-state index in [0.717, 1.165) is 30.5 Å². The summed E-state index contributed by atoms with van der Waals surface area (Å²) in [6.45, 7) is 14.7. The predicted molar refractivity (Wildman–Crippen MR) is 93.0 cm³/mol. The summed E-state index contributed by atoms with van der Waals surface area (Å²) < 4.78 is 5.55. The molecule has 3 fully saturated rings. The molecule has 1 aliphatic carbocycles. The Balaban J connectivity index is 1.47. The van der Waals surface area contributed by atoms with Crippen molar-refractivity contribution in [1.82, 2.24) is 4.90 Å². The van der Waals surface area contributed by atoms with Crippen LogP contribution in [0.15, 0.2) is 0 Å². The molecule has 0 atom stereocenters. The van der Waals surface area contributed by atoms with Crippen molar-refractivity contribution in [3.05, 3.63) is 0 Å². The van der Waals surface area contributed by atoms with Crippen molar-refractivity contribution in [2.45, 2.75) is 66.2 Å². The monoisotopic (exact) mass is 307 g/mol. The summed E-state index contributed by atoms with van der Waals surface area (Å²) >= 11 is 0. The molecule has 1 spiro atoms. The van der Waals surface area contributed by atoms with Gasteiger partial charge in [0.25, 0.3) is 0 Å². The Morgan fingerprint density at radius 3 is 1.91 bits per heavy atom. The molecule has 1 saturated carbocycles. The largest absolute Gasteiger partial charge is 0.381 e. The first-order valence-corrected chi connectivity index (χ1v) is 9.49. The molecule has 3 aliphatic rings. The van der Waals surface area contributed by atoms with Gasteiger partial charge in [-0.2, -0.15) is 0 Å². The highest BCUT2D eigenvalue weighted by Crippen LogP contribution is 2.58.